The molecule has 0 bridgehead atoms. The van der Waals surface area contributed by atoms with Gasteiger partial charge < -0.3 is 14.8 Å². The lowest BCUT2D eigenvalue weighted by atomic mass is 9.82. The number of carboxylic acid groups (broad SMARTS) is 1. The van der Waals surface area contributed by atoms with Crippen molar-refractivity contribution < 1.29 is 14.3 Å². The molecule has 3 rings (SSSR count). The number of benzene rings is 1. The summed E-state index contributed by atoms with van der Waals surface area (Å²) in [6.07, 6.45) is 2.33. The minimum atomic E-state index is -1.00. The third-order valence-electron chi connectivity index (χ3n) is 3.83. The topological polar surface area (TPSA) is 62.5 Å². The molecule has 0 radical (unpaired) electrons. The van der Waals surface area contributed by atoms with Crippen molar-refractivity contribution in [2.45, 2.75) is 32.4 Å². The lowest BCUT2D eigenvalue weighted by molar-refractivity contribution is 0.0662. The van der Waals surface area contributed by atoms with Gasteiger partial charge in [-0.1, -0.05) is 25.1 Å². The molecule has 1 fully saturated rings. The fourth-order valence-corrected chi connectivity index (χ4v) is 2.76. The lowest BCUT2D eigenvalue weighted by Crippen LogP contribution is -2.39. The van der Waals surface area contributed by atoms with Gasteiger partial charge in [-0.15, -0.1) is 0 Å². The van der Waals surface area contributed by atoms with E-state index < -0.39 is 5.97 Å². The Morgan fingerprint density at radius 3 is 2.84 bits per heavy atom. The molecule has 19 heavy (non-hydrogen) atoms. The Morgan fingerprint density at radius 2 is 2.16 bits per heavy atom. The van der Waals surface area contributed by atoms with Crippen LogP contribution in [0.2, 0.25) is 0 Å². The minimum Gasteiger partial charge on any atom is -0.475 e. The van der Waals surface area contributed by atoms with Gasteiger partial charge in [-0.2, -0.15) is 0 Å². The van der Waals surface area contributed by atoms with E-state index in [9.17, 15) is 9.90 Å². The van der Waals surface area contributed by atoms with Crippen LogP contribution in [0, 0.1) is 5.92 Å². The molecule has 0 atom stereocenters. The van der Waals surface area contributed by atoms with Crippen LogP contribution < -0.4 is 5.32 Å². The molecule has 0 aliphatic heterocycles. The smallest absolute Gasteiger partial charge is 0.372 e. The molecule has 1 aromatic heterocycles. The van der Waals surface area contributed by atoms with E-state index in [1.807, 2.05) is 18.2 Å². The second kappa shape index (κ2) is 4.70. The quantitative estimate of drug-likeness (QED) is 0.886. The number of rotatable bonds is 4. The van der Waals surface area contributed by atoms with Crippen LogP contribution in [0.3, 0.4) is 0 Å². The van der Waals surface area contributed by atoms with Crippen molar-refractivity contribution in [1.82, 2.24) is 5.32 Å². The largest absolute Gasteiger partial charge is 0.475 e. The molecule has 0 unspecified atom stereocenters. The molecule has 1 saturated carbocycles. The summed E-state index contributed by atoms with van der Waals surface area (Å²) < 4.78 is 5.43. The molecule has 2 N–H and O–H groups in total. The standard InChI is InChI=1S/C15H17NO3/c1-9-6-10(7-9)16-8-12-11-4-2-3-5-13(11)19-14(12)15(17)18/h2-5,9-10,16H,6-8H2,1H3,(H,17,18). The zero-order chi connectivity index (χ0) is 13.4. The van der Waals surface area contributed by atoms with Crippen LogP contribution in [-0.2, 0) is 6.54 Å². The molecule has 0 saturated heterocycles. The first kappa shape index (κ1) is 12.2. The van der Waals surface area contributed by atoms with Crippen LogP contribution in [0.1, 0.15) is 35.9 Å². The van der Waals surface area contributed by atoms with E-state index in [4.69, 9.17) is 4.42 Å². The molecule has 100 valence electrons. The number of carbonyl (C=O) groups is 1. The van der Waals surface area contributed by atoms with Crippen LogP contribution in [0.4, 0.5) is 0 Å². The van der Waals surface area contributed by atoms with Crippen LogP contribution in [0.25, 0.3) is 11.0 Å². The van der Waals surface area contributed by atoms with E-state index in [-0.39, 0.29) is 5.76 Å². The molecular weight excluding hydrogens is 242 g/mol. The Bertz CT molecular complexity index is 611. The van der Waals surface area contributed by atoms with Crippen LogP contribution >= 0.6 is 0 Å². The average molecular weight is 259 g/mol. The maximum Gasteiger partial charge on any atom is 0.372 e. The van der Waals surface area contributed by atoms with Crippen molar-refractivity contribution in [2.75, 3.05) is 0 Å². The fourth-order valence-electron chi connectivity index (χ4n) is 2.76. The monoisotopic (exact) mass is 259 g/mol. The van der Waals surface area contributed by atoms with Gasteiger partial charge in [0.15, 0.2) is 0 Å². The zero-order valence-electron chi connectivity index (χ0n) is 10.8. The summed E-state index contributed by atoms with van der Waals surface area (Å²) in [6.45, 7) is 2.78. The van der Waals surface area contributed by atoms with Crippen molar-refractivity contribution >= 4 is 16.9 Å². The Hall–Kier alpha value is -1.81. The highest BCUT2D eigenvalue weighted by atomic mass is 16.4. The number of hydrogen-bond acceptors (Lipinski definition) is 3. The molecule has 1 aliphatic carbocycles. The number of hydrogen-bond donors (Lipinski definition) is 2. The number of nitrogens with one attached hydrogen (secondary N) is 1. The summed E-state index contributed by atoms with van der Waals surface area (Å²) in [5, 5.41) is 13.5. The van der Waals surface area contributed by atoms with Gasteiger partial charge in [0.1, 0.15) is 5.58 Å². The first-order valence-electron chi connectivity index (χ1n) is 6.62. The first-order chi connectivity index (χ1) is 9.15. The number of carboxylic acids is 1. The maximum absolute atomic E-state index is 11.3. The van der Waals surface area contributed by atoms with Crippen LogP contribution in [0.15, 0.2) is 28.7 Å². The van der Waals surface area contributed by atoms with Crippen molar-refractivity contribution in [2.24, 2.45) is 5.92 Å². The van der Waals surface area contributed by atoms with Crippen molar-refractivity contribution in [3.05, 3.63) is 35.6 Å². The van der Waals surface area contributed by atoms with Gasteiger partial charge in [0, 0.05) is 23.5 Å². The van der Waals surface area contributed by atoms with Gasteiger partial charge in [-0.3, -0.25) is 0 Å². The maximum atomic E-state index is 11.3. The average Bonchev–Trinajstić information content (AvgIpc) is 2.72. The van der Waals surface area contributed by atoms with Crippen molar-refractivity contribution in [3.8, 4) is 0 Å². The van der Waals surface area contributed by atoms with E-state index in [0.717, 1.165) is 29.7 Å². The first-order valence-corrected chi connectivity index (χ1v) is 6.62. The highest BCUT2D eigenvalue weighted by Gasteiger charge is 2.26. The summed E-state index contributed by atoms with van der Waals surface area (Å²) in [5.74, 6) is -0.173. The Labute approximate surface area is 111 Å². The second-order valence-corrected chi connectivity index (χ2v) is 5.37. The summed E-state index contributed by atoms with van der Waals surface area (Å²) in [7, 11) is 0. The molecule has 1 heterocycles. The zero-order valence-corrected chi connectivity index (χ0v) is 10.8. The number of para-hydroxylation sites is 1. The molecular formula is C15H17NO3. The van der Waals surface area contributed by atoms with E-state index in [1.54, 1.807) is 6.07 Å². The van der Waals surface area contributed by atoms with Gasteiger partial charge in [0.05, 0.1) is 0 Å². The van der Waals surface area contributed by atoms with E-state index >= 15 is 0 Å². The molecule has 1 aromatic carbocycles. The van der Waals surface area contributed by atoms with Crippen LogP contribution in [-0.4, -0.2) is 17.1 Å². The molecule has 0 amide bonds. The van der Waals surface area contributed by atoms with Crippen molar-refractivity contribution in [3.63, 3.8) is 0 Å². The van der Waals surface area contributed by atoms with Crippen LogP contribution in [0.5, 0.6) is 0 Å². The van der Waals surface area contributed by atoms with E-state index in [0.29, 0.717) is 18.2 Å². The second-order valence-electron chi connectivity index (χ2n) is 5.37. The summed E-state index contributed by atoms with van der Waals surface area (Å²) >= 11 is 0. The SMILES string of the molecule is CC1CC(NCc2c(C(=O)O)oc3ccccc23)C1. The molecule has 1 aliphatic rings. The van der Waals surface area contributed by atoms with E-state index in [1.165, 1.54) is 0 Å². The van der Waals surface area contributed by atoms with Crippen molar-refractivity contribution in [1.29, 1.82) is 0 Å². The van der Waals surface area contributed by atoms with E-state index in [2.05, 4.69) is 12.2 Å². The predicted molar refractivity (Wildman–Crippen MR) is 72.2 cm³/mol. The Morgan fingerprint density at radius 1 is 1.42 bits per heavy atom. The lowest BCUT2D eigenvalue weighted by Gasteiger charge is -2.33. The normalized spacial score (nSPS) is 22.4. The fraction of sp³-hybridized carbons (Fsp3) is 0.400. The number of aromatic carboxylic acids is 1. The highest BCUT2D eigenvalue weighted by molar-refractivity contribution is 5.95. The van der Waals surface area contributed by atoms with Gasteiger partial charge in [0.2, 0.25) is 5.76 Å². The highest BCUT2D eigenvalue weighted by Crippen LogP contribution is 2.29. The molecule has 0 spiro atoms. The predicted octanol–water partition coefficient (Wildman–Crippen LogP) is 3.02. The minimum absolute atomic E-state index is 0.0565. The third-order valence-corrected chi connectivity index (χ3v) is 3.83. The number of furan rings is 1. The molecule has 2 aromatic rings. The van der Waals surface area contributed by atoms with Gasteiger partial charge >= 0.3 is 5.97 Å². The molecule has 4 heteroatoms. The Kier molecular flexibility index (Phi) is 3.03. The summed E-state index contributed by atoms with van der Waals surface area (Å²) in [5.41, 5.74) is 1.39. The van der Waals surface area contributed by atoms with Gasteiger partial charge in [-0.05, 0) is 24.8 Å². The molecule has 4 nitrogen and oxygen atoms in total. The number of fused-ring (bicyclic) bond motifs is 1. The third kappa shape index (κ3) is 2.24. The summed E-state index contributed by atoms with van der Waals surface area (Å²) in [6, 6.07) is 7.97. The van der Waals surface area contributed by atoms with Gasteiger partial charge in [-0.25, -0.2) is 4.79 Å². The summed E-state index contributed by atoms with van der Waals surface area (Å²) in [4.78, 5) is 11.3. The van der Waals surface area contributed by atoms with Gasteiger partial charge in [0.25, 0.3) is 0 Å². The Balaban J connectivity index is 1.87.